The molecule has 0 aromatic heterocycles. The molecule has 2 aliphatic rings. The molecule has 42 valence electrons. The molecule has 1 saturated carbocycles. The fourth-order valence-corrected chi connectivity index (χ4v) is 1.59. The second-order valence-electron chi connectivity index (χ2n) is 2.71. The summed E-state index contributed by atoms with van der Waals surface area (Å²) in [5.74, 6) is 0. The van der Waals surface area contributed by atoms with Crippen LogP contribution in [0, 0.1) is 0 Å². The van der Waals surface area contributed by atoms with Crippen LogP contribution in [0.5, 0.6) is 0 Å². The Balaban J connectivity index is 2.40. The topological polar surface area (TPSA) is 0 Å². The minimum absolute atomic E-state index is 1.36. The molecule has 0 bridgehead atoms. The zero-order chi connectivity index (χ0) is 5.72. The van der Waals surface area contributed by atoms with E-state index in [1.54, 1.807) is 22.3 Å². The van der Waals surface area contributed by atoms with Crippen LogP contribution in [0.2, 0.25) is 0 Å². The lowest BCUT2D eigenvalue weighted by Crippen LogP contribution is -2.17. The van der Waals surface area contributed by atoms with Crippen molar-refractivity contribution in [2.75, 3.05) is 0 Å². The summed E-state index contributed by atoms with van der Waals surface area (Å²) in [6.45, 7) is 4.46. The van der Waals surface area contributed by atoms with Gasteiger partial charge in [0.1, 0.15) is 0 Å². The highest BCUT2D eigenvalue weighted by atomic mass is 14.3. The van der Waals surface area contributed by atoms with Crippen molar-refractivity contribution < 1.29 is 0 Å². The number of rotatable bonds is 0. The smallest absolute Gasteiger partial charge is 0.0232 e. The summed E-state index contributed by atoms with van der Waals surface area (Å²) >= 11 is 0. The molecule has 0 saturated heterocycles. The minimum atomic E-state index is 1.36. The number of fused-ring (bicyclic) bond motifs is 1. The Morgan fingerprint density at radius 3 is 1.38 bits per heavy atom. The summed E-state index contributed by atoms with van der Waals surface area (Å²) in [6.07, 6.45) is 2.72. The van der Waals surface area contributed by atoms with Gasteiger partial charge in [-0.25, -0.2) is 0 Å². The van der Waals surface area contributed by atoms with Gasteiger partial charge in [0.2, 0.25) is 0 Å². The first-order valence-electron chi connectivity index (χ1n) is 3.21. The molecular weight excluding hydrogens is 96.1 g/mol. The molecular formula is C8H10. The number of allylic oxidation sites excluding steroid dienone is 4. The Bertz CT molecular complexity index is 161. The van der Waals surface area contributed by atoms with E-state index in [1.165, 1.54) is 12.8 Å². The lowest BCUT2D eigenvalue weighted by Gasteiger charge is -2.36. The molecule has 0 atom stereocenters. The van der Waals surface area contributed by atoms with Crippen LogP contribution in [0.1, 0.15) is 26.7 Å². The van der Waals surface area contributed by atoms with E-state index in [0.717, 1.165) is 0 Å². The summed E-state index contributed by atoms with van der Waals surface area (Å²) in [5.41, 5.74) is 6.49. The summed E-state index contributed by atoms with van der Waals surface area (Å²) in [6, 6.07) is 0. The minimum Gasteiger partial charge on any atom is -0.0444 e. The van der Waals surface area contributed by atoms with Crippen LogP contribution in [0.4, 0.5) is 0 Å². The van der Waals surface area contributed by atoms with E-state index in [0.29, 0.717) is 0 Å². The fourth-order valence-electron chi connectivity index (χ4n) is 1.59. The van der Waals surface area contributed by atoms with E-state index in [2.05, 4.69) is 13.8 Å². The molecule has 0 heterocycles. The van der Waals surface area contributed by atoms with Gasteiger partial charge in [0.05, 0.1) is 0 Å². The summed E-state index contributed by atoms with van der Waals surface area (Å²) in [4.78, 5) is 0. The van der Waals surface area contributed by atoms with Crippen molar-refractivity contribution in [1.29, 1.82) is 0 Å². The molecule has 8 heavy (non-hydrogen) atoms. The van der Waals surface area contributed by atoms with Crippen molar-refractivity contribution >= 4 is 0 Å². The molecule has 0 aromatic rings. The van der Waals surface area contributed by atoms with Gasteiger partial charge >= 0.3 is 0 Å². The molecule has 0 amide bonds. The van der Waals surface area contributed by atoms with Crippen LogP contribution < -0.4 is 0 Å². The quantitative estimate of drug-likeness (QED) is 0.445. The Morgan fingerprint density at radius 2 is 1.25 bits per heavy atom. The number of hydrogen-bond donors (Lipinski definition) is 0. The van der Waals surface area contributed by atoms with Crippen molar-refractivity contribution in [2.24, 2.45) is 0 Å². The lowest BCUT2D eigenvalue weighted by atomic mass is 9.69. The number of hydrogen-bond acceptors (Lipinski definition) is 0. The molecule has 1 fully saturated rings. The van der Waals surface area contributed by atoms with E-state index < -0.39 is 0 Å². The molecule has 2 rings (SSSR count). The standard InChI is InChI=1S/C8H10/c1-5-6(2)8-4-3-7(5)8/h3-4H2,1-2H3. The van der Waals surface area contributed by atoms with Crippen molar-refractivity contribution in [1.82, 2.24) is 0 Å². The molecule has 0 aliphatic heterocycles. The second-order valence-corrected chi connectivity index (χ2v) is 2.71. The molecule has 0 radical (unpaired) electrons. The highest BCUT2D eigenvalue weighted by molar-refractivity contribution is 5.62. The summed E-state index contributed by atoms with van der Waals surface area (Å²) in [7, 11) is 0. The molecule has 0 heteroatoms. The normalized spacial score (nSPS) is 24.8. The zero-order valence-electron chi connectivity index (χ0n) is 5.41. The monoisotopic (exact) mass is 106 g/mol. The maximum Gasteiger partial charge on any atom is -0.0232 e. The predicted octanol–water partition coefficient (Wildman–Crippen LogP) is 2.43. The van der Waals surface area contributed by atoms with Gasteiger partial charge in [-0.2, -0.15) is 0 Å². The van der Waals surface area contributed by atoms with Gasteiger partial charge in [0, 0.05) is 0 Å². The van der Waals surface area contributed by atoms with Gasteiger partial charge in [0.25, 0.3) is 0 Å². The van der Waals surface area contributed by atoms with Gasteiger partial charge in [0.15, 0.2) is 0 Å². The van der Waals surface area contributed by atoms with Crippen LogP contribution in [-0.4, -0.2) is 0 Å². The van der Waals surface area contributed by atoms with E-state index in [1.807, 2.05) is 0 Å². The third-order valence-electron chi connectivity index (χ3n) is 2.46. The summed E-state index contributed by atoms with van der Waals surface area (Å²) < 4.78 is 0. The zero-order valence-corrected chi connectivity index (χ0v) is 5.41. The average Bonchev–Trinajstić information content (AvgIpc) is 1.64. The highest BCUT2D eigenvalue weighted by Gasteiger charge is 2.29. The molecule has 0 N–H and O–H groups in total. The van der Waals surface area contributed by atoms with Crippen molar-refractivity contribution in [2.45, 2.75) is 26.7 Å². The van der Waals surface area contributed by atoms with Crippen molar-refractivity contribution in [3.8, 4) is 0 Å². The third kappa shape index (κ3) is 0.262. The first-order chi connectivity index (χ1) is 3.80. The van der Waals surface area contributed by atoms with Crippen LogP contribution in [0.3, 0.4) is 0 Å². The molecule has 2 aliphatic carbocycles. The maximum absolute atomic E-state index is 2.23. The Labute approximate surface area is 49.9 Å². The van der Waals surface area contributed by atoms with Crippen LogP contribution in [0.25, 0.3) is 0 Å². The van der Waals surface area contributed by atoms with Gasteiger partial charge in [-0.15, -0.1) is 0 Å². The Kier molecular flexibility index (Phi) is 0.585. The lowest BCUT2D eigenvalue weighted by molar-refractivity contribution is 0.756. The predicted molar refractivity (Wildman–Crippen MR) is 34.6 cm³/mol. The van der Waals surface area contributed by atoms with Crippen LogP contribution in [0.15, 0.2) is 22.3 Å². The Morgan fingerprint density at radius 1 is 0.875 bits per heavy atom. The average molecular weight is 106 g/mol. The van der Waals surface area contributed by atoms with Crippen molar-refractivity contribution in [3.63, 3.8) is 0 Å². The summed E-state index contributed by atoms with van der Waals surface area (Å²) in [5, 5.41) is 0. The fraction of sp³-hybridized carbons (Fsp3) is 0.500. The van der Waals surface area contributed by atoms with Crippen LogP contribution >= 0.6 is 0 Å². The SMILES string of the molecule is CC1=C2CCC2=C1C. The van der Waals surface area contributed by atoms with Crippen molar-refractivity contribution in [3.05, 3.63) is 22.3 Å². The third-order valence-corrected chi connectivity index (χ3v) is 2.46. The van der Waals surface area contributed by atoms with E-state index >= 15 is 0 Å². The Hall–Kier alpha value is -0.520. The van der Waals surface area contributed by atoms with E-state index in [9.17, 15) is 0 Å². The van der Waals surface area contributed by atoms with Gasteiger partial charge in [-0.05, 0) is 49.0 Å². The first kappa shape index (κ1) is 4.37. The molecule has 0 aromatic carbocycles. The van der Waals surface area contributed by atoms with E-state index in [-0.39, 0.29) is 0 Å². The largest absolute Gasteiger partial charge is 0.0444 e. The first-order valence-corrected chi connectivity index (χ1v) is 3.21. The van der Waals surface area contributed by atoms with Gasteiger partial charge < -0.3 is 0 Å². The van der Waals surface area contributed by atoms with Gasteiger partial charge in [-0.3, -0.25) is 0 Å². The van der Waals surface area contributed by atoms with E-state index in [4.69, 9.17) is 0 Å². The second kappa shape index (κ2) is 1.07. The molecule has 0 spiro atoms. The molecule has 0 unspecified atom stereocenters. The van der Waals surface area contributed by atoms with Crippen LogP contribution in [-0.2, 0) is 0 Å². The highest BCUT2D eigenvalue weighted by Crippen LogP contribution is 2.48. The maximum atomic E-state index is 2.23. The molecule has 0 nitrogen and oxygen atoms in total. The van der Waals surface area contributed by atoms with Gasteiger partial charge in [-0.1, -0.05) is 0 Å².